The van der Waals surface area contributed by atoms with Crippen LogP contribution in [0.3, 0.4) is 0 Å². The summed E-state index contributed by atoms with van der Waals surface area (Å²) in [6.07, 6.45) is 1.95. The van der Waals surface area contributed by atoms with E-state index in [1.54, 1.807) is 4.90 Å². The molecule has 1 atom stereocenters. The maximum atomic E-state index is 12.5. The molecule has 0 spiro atoms. The van der Waals surface area contributed by atoms with E-state index in [0.29, 0.717) is 25.9 Å². The van der Waals surface area contributed by atoms with Crippen LogP contribution >= 0.6 is 15.9 Å². The van der Waals surface area contributed by atoms with Gasteiger partial charge < -0.3 is 10.2 Å². The molecular formula is C15H19BrN2O2. The quantitative estimate of drug-likeness (QED) is 0.916. The molecule has 4 nitrogen and oxygen atoms in total. The lowest BCUT2D eigenvalue weighted by molar-refractivity contribution is -0.134. The first-order chi connectivity index (χ1) is 9.60. The van der Waals surface area contributed by atoms with Crippen molar-refractivity contribution in [2.45, 2.75) is 38.8 Å². The highest BCUT2D eigenvalue weighted by Gasteiger charge is 2.28. The number of amides is 2. The maximum Gasteiger partial charge on any atom is 0.245 e. The smallest absolute Gasteiger partial charge is 0.245 e. The number of hydrogen-bond acceptors (Lipinski definition) is 2. The second-order valence-corrected chi connectivity index (χ2v) is 5.96. The van der Waals surface area contributed by atoms with Gasteiger partial charge in [0, 0.05) is 24.0 Å². The Bertz CT molecular complexity index is 487. The molecule has 5 heteroatoms. The predicted octanol–water partition coefficient (Wildman–Crippen LogP) is 2.47. The van der Waals surface area contributed by atoms with Crippen LogP contribution in [0.2, 0.25) is 0 Å². The van der Waals surface area contributed by atoms with E-state index < -0.39 is 0 Å². The zero-order valence-electron chi connectivity index (χ0n) is 11.6. The van der Waals surface area contributed by atoms with Gasteiger partial charge in [0.2, 0.25) is 11.8 Å². The molecule has 1 heterocycles. The molecule has 0 radical (unpaired) electrons. The average molecular weight is 339 g/mol. The summed E-state index contributed by atoms with van der Waals surface area (Å²) in [4.78, 5) is 25.9. The van der Waals surface area contributed by atoms with Crippen molar-refractivity contribution in [2.75, 3.05) is 6.54 Å². The SMILES string of the molecule is CCCC1NC(=O)CCN(Cc2ccc(Br)cc2)C1=O. The van der Waals surface area contributed by atoms with Crippen molar-refractivity contribution in [2.24, 2.45) is 0 Å². The molecule has 108 valence electrons. The van der Waals surface area contributed by atoms with E-state index in [1.165, 1.54) is 0 Å². The highest BCUT2D eigenvalue weighted by molar-refractivity contribution is 9.10. The van der Waals surface area contributed by atoms with Crippen molar-refractivity contribution in [3.8, 4) is 0 Å². The maximum absolute atomic E-state index is 12.5. The van der Waals surface area contributed by atoms with E-state index in [9.17, 15) is 9.59 Å². The first kappa shape index (κ1) is 15.0. The number of hydrogen-bond donors (Lipinski definition) is 1. The average Bonchev–Trinajstić information content (AvgIpc) is 2.55. The van der Waals surface area contributed by atoms with Crippen molar-refractivity contribution in [1.82, 2.24) is 10.2 Å². The minimum Gasteiger partial charge on any atom is -0.344 e. The molecule has 2 amide bonds. The van der Waals surface area contributed by atoms with Crippen LogP contribution in [0.5, 0.6) is 0 Å². The highest BCUT2D eigenvalue weighted by atomic mass is 79.9. The van der Waals surface area contributed by atoms with Gasteiger partial charge in [-0.15, -0.1) is 0 Å². The topological polar surface area (TPSA) is 49.4 Å². The lowest BCUT2D eigenvalue weighted by Gasteiger charge is -2.24. The largest absolute Gasteiger partial charge is 0.344 e. The summed E-state index contributed by atoms with van der Waals surface area (Å²) < 4.78 is 1.02. The van der Waals surface area contributed by atoms with Crippen LogP contribution in [0.4, 0.5) is 0 Å². The monoisotopic (exact) mass is 338 g/mol. The second-order valence-electron chi connectivity index (χ2n) is 5.05. The van der Waals surface area contributed by atoms with Gasteiger partial charge in [0.15, 0.2) is 0 Å². The van der Waals surface area contributed by atoms with Gasteiger partial charge in [-0.25, -0.2) is 0 Å². The van der Waals surface area contributed by atoms with Crippen molar-refractivity contribution in [3.63, 3.8) is 0 Å². The molecule has 1 aliphatic heterocycles. The fraction of sp³-hybridized carbons (Fsp3) is 0.467. The number of nitrogens with one attached hydrogen (secondary N) is 1. The molecule has 1 aliphatic rings. The molecule has 20 heavy (non-hydrogen) atoms. The van der Waals surface area contributed by atoms with Crippen LogP contribution in [0.1, 0.15) is 31.7 Å². The molecule has 0 saturated carbocycles. The molecule has 1 saturated heterocycles. The van der Waals surface area contributed by atoms with Gasteiger partial charge in [0.05, 0.1) is 0 Å². The number of halogens is 1. The summed E-state index contributed by atoms with van der Waals surface area (Å²) >= 11 is 3.40. The van der Waals surface area contributed by atoms with E-state index >= 15 is 0 Å². The fourth-order valence-corrected chi connectivity index (χ4v) is 2.61. The minimum atomic E-state index is -0.370. The molecule has 1 aromatic carbocycles. The molecule has 0 aliphatic carbocycles. The van der Waals surface area contributed by atoms with Gasteiger partial charge in [0.25, 0.3) is 0 Å². The van der Waals surface area contributed by atoms with E-state index in [2.05, 4.69) is 21.2 Å². The summed E-state index contributed by atoms with van der Waals surface area (Å²) in [5, 5.41) is 2.82. The number of nitrogens with zero attached hydrogens (tertiary/aromatic N) is 1. The van der Waals surface area contributed by atoms with Crippen molar-refractivity contribution >= 4 is 27.7 Å². The van der Waals surface area contributed by atoms with Crippen LogP contribution in [-0.2, 0) is 16.1 Å². The van der Waals surface area contributed by atoms with Gasteiger partial charge in [-0.05, 0) is 24.1 Å². The Morgan fingerprint density at radius 2 is 2.00 bits per heavy atom. The number of carbonyl (C=O) groups excluding carboxylic acids is 2. The van der Waals surface area contributed by atoms with Gasteiger partial charge in [-0.2, -0.15) is 0 Å². The van der Waals surface area contributed by atoms with Gasteiger partial charge in [-0.1, -0.05) is 41.4 Å². The molecule has 2 rings (SSSR count). The Balaban J connectivity index is 2.10. The zero-order valence-corrected chi connectivity index (χ0v) is 13.1. The van der Waals surface area contributed by atoms with Crippen LogP contribution in [0.25, 0.3) is 0 Å². The van der Waals surface area contributed by atoms with Crippen molar-refractivity contribution < 1.29 is 9.59 Å². The van der Waals surface area contributed by atoms with Crippen LogP contribution < -0.4 is 5.32 Å². The Morgan fingerprint density at radius 1 is 1.30 bits per heavy atom. The molecular weight excluding hydrogens is 320 g/mol. The lowest BCUT2D eigenvalue weighted by atomic mass is 10.1. The third-order valence-corrected chi connectivity index (χ3v) is 3.95. The van der Waals surface area contributed by atoms with E-state index in [1.807, 2.05) is 31.2 Å². The van der Waals surface area contributed by atoms with Crippen LogP contribution in [-0.4, -0.2) is 29.3 Å². The van der Waals surface area contributed by atoms with E-state index in [4.69, 9.17) is 0 Å². The molecule has 0 bridgehead atoms. The Kier molecular flexibility index (Phi) is 5.17. The van der Waals surface area contributed by atoms with Crippen LogP contribution in [0, 0.1) is 0 Å². The molecule has 0 aromatic heterocycles. The Hall–Kier alpha value is -1.36. The number of carbonyl (C=O) groups is 2. The van der Waals surface area contributed by atoms with E-state index in [-0.39, 0.29) is 17.9 Å². The standard InChI is InChI=1S/C15H19BrN2O2/c1-2-3-13-15(20)18(9-8-14(19)17-13)10-11-4-6-12(16)7-5-11/h4-7,13H,2-3,8-10H2,1H3,(H,17,19). The Morgan fingerprint density at radius 3 is 2.65 bits per heavy atom. The van der Waals surface area contributed by atoms with Crippen molar-refractivity contribution in [3.05, 3.63) is 34.3 Å². The molecule has 1 aromatic rings. The van der Waals surface area contributed by atoms with Gasteiger partial charge >= 0.3 is 0 Å². The predicted molar refractivity (Wildman–Crippen MR) is 81.0 cm³/mol. The zero-order chi connectivity index (χ0) is 14.5. The van der Waals surface area contributed by atoms with E-state index in [0.717, 1.165) is 16.5 Å². The fourth-order valence-electron chi connectivity index (χ4n) is 2.35. The normalized spacial score (nSPS) is 19.7. The summed E-state index contributed by atoms with van der Waals surface area (Å²) in [6.45, 7) is 3.06. The second kappa shape index (κ2) is 6.88. The molecule has 1 N–H and O–H groups in total. The summed E-state index contributed by atoms with van der Waals surface area (Å²) in [5.74, 6) is -0.00396. The minimum absolute atomic E-state index is 0.0284. The summed E-state index contributed by atoms with van der Waals surface area (Å²) in [6, 6.07) is 7.54. The molecule has 1 unspecified atom stereocenters. The summed E-state index contributed by atoms with van der Waals surface area (Å²) in [7, 11) is 0. The van der Waals surface area contributed by atoms with Crippen molar-refractivity contribution in [1.29, 1.82) is 0 Å². The lowest BCUT2D eigenvalue weighted by Crippen LogP contribution is -2.44. The first-order valence-corrected chi connectivity index (χ1v) is 7.72. The number of rotatable bonds is 4. The van der Waals surface area contributed by atoms with Crippen LogP contribution in [0.15, 0.2) is 28.7 Å². The Labute approximate surface area is 127 Å². The highest BCUT2D eigenvalue weighted by Crippen LogP contribution is 2.15. The number of benzene rings is 1. The first-order valence-electron chi connectivity index (χ1n) is 6.92. The third kappa shape index (κ3) is 3.82. The third-order valence-electron chi connectivity index (χ3n) is 3.42. The van der Waals surface area contributed by atoms with Gasteiger partial charge in [0.1, 0.15) is 6.04 Å². The van der Waals surface area contributed by atoms with Gasteiger partial charge in [-0.3, -0.25) is 9.59 Å². The molecule has 1 fully saturated rings. The summed E-state index contributed by atoms with van der Waals surface area (Å²) in [5.41, 5.74) is 1.08.